The Bertz CT molecular complexity index is 616. The van der Waals surface area contributed by atoms with Crippen molar-refractivity contribution in [3.05, 3.63) is 47.3 Å². The van der Waals surface area contributed by atoms with Crippen molar-refractivity contribution < 1.29 is 0 Å². The van der Waals surface area contributed by atoms with Gasteiger partial charge in [-0.1, -0.05) is 26.0 Å². The third-order valence-electron chi connectivity index (χ3n) is 3.38. The van der Waals surface area contributed by atoms with Gasteiger partial charge in [-0.3, -0.25) is 4.68 Å². The summed E-state index contributed by atoms with van der Waals surface area (Å²) in [5, 5.41) is 7.50. The first kappa shape index (κ1) is 18.5. The Morgan fingerprint density at radius 3 is 2.50 bits per heavy atom. The van der Waals surface area contributed by atoms with Gasteiger partial charge >= 0.3 is 0 Å². The van der Waals surface area contributed by atoms with Gasteiger partial charge in [-0.05, 0) is 30.5 Å². The molecule has 6 heteroatoms. The summed E-state index contributed by atoms with van der Waals surface area (Å²) in [6, 6.07) is 8.21. The Balaban J connectivity index is 0.00000242. The van der Waals surface area contributed by atoms with E-state index in [4.69, 9.17) is 5.73 Å². The van der Waals surface area contributed by atoms with Crippen LogP contribution in [-0.2, 0) is 26.4 Å². The molecule has 1 aromatic carbocycles. The van der Waals surface area contributed by atoms with Crippen LogP contribution in [-0.4, -0.2) is 15.7 Å². The molecule has 0 aliphatic rings. The first-order chi connectivity index (χ1) is 10.1. The third kappa shape index (κ3) is 5.01. The first-order valence-corrected chi connectivity index (χ1v) is 7.29. The molecule has 3 N–H and O–H groups in total. The Hall–Kier alpha value is -1.57. The van der Waals surface area contributed by atoms with Gasteiger partial charge < -0.3 is 11.1 Å². The maximum absolute atomic E-state index is 5.93. The standard InChI is InChI=1S/C16H23N5.HI/c1-4-12-6-8-14(9-7-12)19-16(17)18-10-13-11-21(3)20-15(13)5-2;/h6-9,11H,4-5,10H2,1-3H3,(H3,17,18,19);1H. The Kier molecular flexibility index (Phi) is 7.37. The number of nitrogens with two attached hydrogens (primary N) is 1. The number of hydrogen-bond acceptors (Lipinski definition) is 2. The Morgan fingerprint density at radius 1 is 1.23 bits per heavy atom. The second-order valence-corrected chi connectivity index (χ2v) is 5.01. The van der Waals surface area contributed by atoms with Gasteiger partial charge in [0.2, 0.25) is 0 Å². The molecule has 0 atom stereocenters. The number of nitrogens with one attached hydrogen (secondary N) is 1. The number of halogens is 1. The third-order valence-corrected chi connectivity index (χ3v) is 3.38. The van der Waals surface area contributed by atoms with E-state index in [9.17, 15) is 0 Å². The summed E-state index contributed by atoms with van der Waals surface area (Å²) < 4.78 is 1.82. The Labute approximate surface area is 149 Å². The second-order valence-electron chi connectivity index (χ2n) is 5.01. The lowest BCUT2D eigenvalue weighted by Gasteiger charge is -2.06. The van der Waals surface area contributed by atoms with Crippen molar-refractivity contribution in [2.45, 2.75) is 33.2 Å². The lowest BCUT2D eigenvalue weighted by molar-refractivity contribution is 0.746. The fraction of sp³-hybridized carbons (Fsp3) is 0.375. The molecule has 0 saturated carbocycles. The predicted molar refractivity (Wildman–Crippen MR) is 103 cm³/mol. The normalized spacial score (nSPS) is 11.1. The van der Waals surface area contributed by atoms with E-state index in [1.54, 1.807) is 0 Å². The average Bonchev–Trinajstić information content (AvgIpc) is 2.86. The molecule has 0 aliphatic carbocycles. The van der Waals surface area contributed by atoms with Crippen molar-refractivity contribution in [1.82, 2.24) is 9.78 Å². The average molecular weight is 413 g/mol. The summed E-state index contributed by atoms with van der Waals surface area (Å²) in [5.74, 6) is 0.421. The van der Waals surface area contributed by atoms with E-state index in [-0.39, 0.29) is 24.0 Å². The van der Waals surface area contributed by atoms with Crippen molar-refractivity contribution in [3.8, 4) is 0 Å². The zero-order valence-corrected chi connectivity index (χ0v) is 15.7. The van der Waals surface area contributed by atoms with Crippen LogP contribution < -0.4 is 11.1 Å². The van der Waals surface area contributed by atoms with Crippen LogP contribution in [0.3, 0.4) is 0 Å². The molecular weight excluding hydrogens is 389 g/mol. The van der Waals surface area contributed by atoms with E-state index in [1.165, 1.54) is 5.56 Å². The van der Waals surface area contributed by atoms with Crippen LogP contribution in [0.2, 0.25) is 0 Å². The molecule has 22 heavy (non-hydrogen) atoms. The zero-order chi connectivity index (χ0) is 15.2. The molecule has 5 nitrogen and oxygen atoms in total. The van der Waals surface area contributed by atoms with Gasteiger partial charge in [0.15, 0.2) is 5.96 Å². The minimum absolute atomic E-state index is 0. The predicted octanol–water partition coefficient (Wildman–Crippen LogP) is 3.09. The fourth-order valence-corrected chi connectivity index (χ4v) is 2.19. The highest BCUT2D eigenvalue weighted by molar-refractivity contribution is 14.0. The van der Waals surface area contributed by atoms with Crippen LogP contribution in [0.1, 0.15) is 30.7 Å². The fourth-order valence-electron chi connectivity index (χ4n) is 2.19. The quantitative estimate of drug-likeness (QED) is 0.450. The van der Waals surface area contributed by atoms with Crippen molar-refractivity contribution in [1.29, 1.82) is 0 Å². The number of guanidine groups is 1. The van der Waals surface area contributed by atoms with Gasteiger partial charge in [-0.2, -0.15) is 5.10 Å². The number of aryl methyl sites for hydroxylation is 3. The molecule has 0 fully saturated rings. The van der Waals surface area contributed by atoms with Crippen LogP contribution in [0.15, 0.2) is 35.5 Å². The summed E-state index contributed by atoms with van der Waals surface area (Å²) in [6.07, 6.45) is 3.92. The topological polar surface area (TPSA) is 68.2 Å². The van der Waals surface area contributed by atoms with Crippen LogP contribution in [0.4, 0.5) is 5.69 Å². The van der Waals surface area contributed by atoms with E-state index in [0.717, 1.165) is 29.8 Å². The van der Waals surface area contributed by atoms with E-state index in [2.05, 4.69) is 41.4 Å². The number of benzene rings is 1. The van der Waals surface area contributed by atoms with Gasteiger partial charge in [-0.25, -0.2) is 4.99 Å². The molecule has 0 amide bonds. The number of hydrogen-bond donors (Lipinski definition) is 2. The molecule has 1 aromatic heterocycles. The van der Waals surface area contributed by atoms with Gasteiger partial charge in [0.25, 0.3) is 0 Å². The smallest absolute Gasteiger partial charge is 0.193 e. The molecule has 1 heterocycles. The molecule has 120 valence electrons. The lowest BCUT2D eigenvalue weighted by Crippen LogP contribution is -2.22. The van der Waals surface area contributed by atoms with Gasteiger partial charge in [-0.15, -0.1) is 24.0 Å². The van der Waals surface area contributed by atoms with Crippen LogP contribution in [0.25, 0.3) is 0 Å². The van der Waals surface area contributed by atoms with Gasteiger partial charge in [0.1, 0.15) is 0 Å². The molecule has 2 rings (SSSR count). The van der Waals surface area contributed by atoms with Crippen molar-refractivity contribution in [3.63, 3.8) is 0 Å². The summed E-state index contributed by atoms with van der Waals surface area (Å²) in [5.41, 5.74) is 10.4. The summed E-state index contributed by atoms with van der Waals surface area (Å²) in [6.45, 7) is 4.77. The highest BCUT2D eigenvalue weighted by Crippen LogP contribution is 2.11. The maximum atomic E-state index is 5.93. The highest BCUT2D eigenvalue weighted by atomic mass is 127. The number of rotatable bonds is 5. The van der Waals surface area contributed by atoms with Crippen molar-refractivity contribution in [2.75, 3.05) is 5.32 Å². The molecule has 0 unspecified atom stereocenters. The van der Waals surface area contributed by atoms with Crippen LogP contribution in [0.5, 0.6) is 0 Å². The van der Waals surface area contributed by atoms with E-state index < -0.39 is 0 Å². The van der Waals surface area contributed by atoms with Gasteiger partial charge in [0, 0.05) is 24.5 Å². The molecule has 0 aliphatic heterocycles. The largest absolute Gasteiger partial charge is 0.370 e. The van der Waals surface area contributed by atoms with Crippen molar-refractivity contribution >= 4 is 35.6 Å². The number of aromatic nitrogens is 2. The number of aliphatic imine (C=N–C) groups is 1. The molecular formula is C16H24IN5. The maximum Gasteiger partial charge on any atom is 0.193 e. The van der Waals surface area contributed by atoms with E-state index in [0.29, 0.717) is 12.5 Å². The first-order valence-electron chi connectivity index (χ1n) is 7.29. The molecule has 2 aromatic rings. The molecule has 0 spiro atoms. The number of nitrogens with zero attached hydrogens (tertiary/aromatic N) is 3. The van der Waals surface area contributed by atoms with Crippen LogP contribution >= 0.6 is 24.0 Å². The SMILES string of the molecule is CCc1ccc(NC(N)=NCc2cn(C)nc2CC)cc1.I. The summed E-state index contributed by atoms with van der Waals surface area (Å²) in [4.78, 5) is 4.38. The molecule has 0 bridgehead atoms. The van der Waals surface area contributed by atoms with Crippen LogP contribution in [0, 0.1) is 0 Å². The number of anilines is 1. The molecule has 0 radical (unpaired) electrons. The summed E-state index contributed by atoms with van der Waals surface area (Å²) >= 11 is 0. The molecule has 0 saturated heterocycles. The lowest BCUT2D eigenvalue weighted by atomic mass is 10.1. The van der Waals surface area contributed by atoms with Gasteiger partial charge in [0.05, 0.1) is 12.2 Å². The zero-order valence-electron chi connectivity index (χ0n) is 13.3. The van der Waals surface area contributed by atoms with E-state index >= 15 is 0 Å². The summed E-state index contributed by atoms with van der Waals surface area (Å²) in [7, 11) is 1.92. The Morgan fingerprint density at radius 2 is 1.91 bits per heavy atom. The highest BCUT2D eigenvalue weighted by Gasteiger charge is 2.05. The van der Waals surface area contributed by atoms with E-state index in [1.807, 2.05) is 30.1 Å². The second kappa shape index (κ2) is 8.77. The minimum Gasteiger partial charge on any atom is -0.370 e. The van der Waals surface area contributed by atoms with Crippen molar-refractivity contribution in [2.24, 2.45) is 17.8 Å². The minimum atomic E-state index is 0. The monoisotopic (exact) mass is 413 g/mol.